The van der Waals surface area contributed by atoms with E-state index >= 15 is 0 Å². The Balaban J connectivity index is 2.44. The second-order valence-electron chi connectivity index (χ2n) is 2.25. The Labute approximate surface area is 69.9 Å². The number of aryl methyl sites for hydroxylation is 1. The summed E-state index contributed by atoms with van der Waals surface area (Å²) in [6, 6.07) is 0. The van der Waals surface area contributed by atoms with Gasteiger partial charge in [0.05, 0.1) is 5.01 Å². The van der Waals surface area contributed by atoms with Gasteiger partial charge in [-0.1, -0.05) is 0 Å². The number of nitrogens with zero attached hydrogens (tertiary/aromatic N) is 1. The fourth-order valence-corrected chi connectivity index (χ4v) is 1.63. The zero-order chi connectivity index (χ0) is 8.10. The van der Waals surface area contributed by atoms with Crippen molar-refractivity contribution in [2.75, 3.05) is 6.61 Å². The summed E-state index contributed by atoms with van der Waals surface area (Å²) in [5, 5.41) is 9.61. The average molecular weight is 172 g/mol. The zero-order valence-electron chi connectivity index (χ0n) is 6.29. The Morgan fingerprint density at radius 3 is 3.00 bits per heavy atom. The van der Waals surface area contributed by atoms with Crippen molar-refractivity contribution in [3.8, 4) is 0 Å². The van der Waals surface area contributed by atoms with Gasteiger partial charge in [-0.05, 0) is 6.42 Å². The van der Waals surface area contributed by atoms with Gasteiger partial charge in [-0.15, -0.1) is 11.3 Å². The van der Waals surface area contributed by atoms with Crippen LogP contribution in [0, 0.1) is 0 Å². The summed E-state index contributed by atoms with van der Waals surface area (Å²) in [6.07, 6.45) is 3.45. The van der Waals surface area contributed by atoms with Gasteiger partial charge >= 0.3 is 0 Å². The first-order chi connectivity index (χ1) is 5.36. The Kier molecular flexibility index (Phi) is 3.48. The number of thiazole rings is 1. The topological polar surface area (TPSA) is 59.1 Å². The van der Waals surface area contributed by atoms with Crippen LogP contribution < -0.4 is 5.73 Å². The van der Waals surface area contributed by atoms with Crippen LogP contribution in [0.1, 0.15) is 16.3 Å². The van der Waals surface area contributed by atoms with Crippen molar-refractivity contribution in [3.63, 3.8) is 0 Å². The molecule has 1 rings (SSSR count). The molecule has 0 amide bonds. The van der Waals surface area contributed by atoms with Crippen molar-refractivity contribution < 1.29 is 5.11 Å². The zero-order valence-corrected chi connectivity index (χ0v) is 7.10. The highest BCUT2D eigenvalue weighted by Gasteiger charge is 1.98. The summed E-state index contributed by atoms with van der Waals surface area (Å²) < 4.78 is 0. The van der Waals surface area contributed by atoms with Crippen molar-refractivity contribution in [1.29, 1.82) is 0 Å². The van der Waals surface area contributed by atoms with Gasteiger partial charge in [0.2, 0.25) is 0 Å². The minimum absolute atomic E-state index is 0.234. The molecule has 0 aliphatic rings. The van der Waals surface area contributed by atoms with E-state index in [9.17, 15) is 0 Å². The van der Waals surface area contributed by atoms with E-state index in [1.165, 1.54) is 0 Å². The van der Waals surface area contributed by atoms with Crippen LogP contribution >= 0.6 is 11.3 Å². The van der Waals surface area contributed by atoms with E-state index in [0.29, 0.717) is 6.54 Å². The SMILES string of the molecule is NCc1cnc(CCCO)s1. The van der Waals surface area contributed by atoms with Gasteiger partial charge in [-0.25, -0.2) is 4.98 Å². The Morgan fingerprint density at radius 2 is 2.45 bits per heavy atom. The minimum atomic E-state index is 0.234. The van der Waals surface area contributed by atoms with Gasteiger partial charge in [0, 0.05) is 30.6 Å². The van der Waals surface area contributed by atoms with Crippen LogP contribution in [0.3, 0.4) is 0 Å². The van der Waals surface area contributed by atoms with Gasteiger partial charge in [-0.3, -0.25) is 0 Å². The molecule has 1 aromatic heterocycles. The molecule has 4 heteroatoms. The van der Waals surface area contributed by atoms with E-state index in [4.69, 9.17) is 10.8 Å². The van der Waals surface area contributed by atoms with Crippen LogP contribution in [0.4, 0.5) is 0 Å². The Bertz CT molecular complexity index is 212. The normalized spacial score (nSPS) is 10.4. The largest absolute Gasteiger partial charge is 0.396 e. The van der Waals surface area contributed by atoms with E-state index in [-0.39, 0.29) is 6.61 Å². The van der Waals surface area contributed by atoms with Gasteiger partial charge < -0.3 is 10.8 Å². The highest BCUT2D eigenvalue weighted by Crippen LogP contribution is 2.13. The third kappa shape index (κ3) is 2.57. The molecule has 0 bridgehead atoms. The van der Waals surface area contributed by atoms with Crippen LogP contribution in [-0.4, -0.2) is 16.7 Å². The number of hydrogen-bond donors (Lipinski definition) is 2. The standard InChI is InChI=1S/C7H12N2OS/c8-4-6-5-9-7(11-6)2-1-3-10/h5,10H,1-4,8H2. The lowest BCUT2D eigenvalue weighted by molar-refractivity contribution is 0.288. The third-order valence-corrected chi connectivity index (χ3v) is 2.43. The number of aromatic nitrogens is 1. The molecular formula is C7H12N2OS. The maximum absolute atomic E-state index is 8.54. The third-order valence-electron chi connectivity index (χ3n) is 1.35. The molecule has 0 aromatic carbocycles. The first kappa shape index (κ1) is 8.64. The number of rotatable bonds is 4. The molecule has 62 valence electrons. The molecular weight excluding hydrogens is 160 g/mol. The van der Waals surface area contributed by atoms with E-state index in [2.05, 4.69) is 4.98 Å². The molecule has 0 unspecified atom stereocenters. The molecule has 3 N–H and O–H groups in total. The van der Waals surface area contributed by atoms with E-state index in [1.807, 2.05) is 0 Å². The summed E-state index contributed by atoms with van der Waals surface area (Å²) in [4.78, 5) is 5.26. The molecule has 1 heterocycles. The van der Waals surface area contributed by atoms with Crippen LogP contribution in [0.2, 0.25) is 0 Å². The molecule has 0 aliphatic carbocycles. The lowest BCUT2D eigenvalue weighted by atomic mass is 10.3. The lowest BCUT2D eigenvalue weighted by Gasteiger charge is -1.89. The second kappa shape index (κ2) is 4.43. The van der Waals surface area contributed by atoms with Crippen LogP contribution in [-0.2, 0) is 13.0 Å². The van der Waals surface area contributed by atoms with Crippen molar-refractivity contribution >= 4 is 11.3 Å². The van der Waals surface area contributed by atoms with Gasteiger partial charge in [0.1, 0.15) is 0 Å². The van der Waals surface area contributed by atoms with Gasteiger partial charge in [-0.2, -0.15) is 0 Å². The van der Waals surface area contributed by atoms with E-state index in [0.717, 1.165) is 22.7 Å². The first-order valence-corrected chi connectivity index (χ1v) is 4.43. The van der Waals surface area contributed by atoms with E-state index in [1.54, 1.807) is 17.5 Å². The van der Waals surface area contributed by atoms with Crippen molar-refractivity contribution in [3.05, 3.63) is 16.1 Å². The van der Waals surface area contributed by atoms with Crippen molar-refractivity contribution in [1.82, 2.24) is 4.98 Å². The first-order valence-electron chi connectivity index (χ1n) is 3.61. The summed E-state index contributed by atoms with van der Waals surface area (Å²) >= 11 is 1.63. The minimum Gasteiger partial charge on any atom is -0.396 e. The Morgan fingerprint density at radius 1 is 1.64 bits per heavy atom. The molecule has 0 spiro atoms. The second-order valence-corrected chi connectivity index (χ2v) is 3.45. The monoisotopic (exact) mass is 172 g/mol. The van der Waals surface area contributed by atoms with E-state index < -0.39 is 0 Å². The molecule has 0 aliphatic heterocycles. The molecule has 0 radical (unpaired) electrons. The molecule has 0 saturated heterocycles. The quantitative estimate of drug-likeness (QED) is 0.696. The van der Waals surface area contributed by atoms with Gasteiger partial charge in [0.15, 0.2) is 0 Å². The maximum Gasteiger partial charge on any atom is 0.0929 e. The number of aliphatic hydroxyl groups excluding tert-OH is 1. The van der Waals surface area contributed by atoms with Crippen LogP contribution in [0.5, 0.6) is 0 Å². The highest BCUT2D eigenvalue weighted by molar-refractivity contribution is 7.11. The maximum atomic E-state index is 8.54. The molecule has 11 heavy (non-hydrogen) atoms. The van der Waals surface area contributed by atoms with Crippen molar-refractivity contribution in [2.24, 2.45) is 5.73 Å². The molecule has 1 aromatic rings. The smallest absolute Gasteiger partial charge is 0.0929 e. The van der Waals surface area contributed by atoms with Crippen molar-refractivity contribution in [2.45, 2.75) is 19.4 Å². The molecule has 3 nitrogen and oxygen atoms in total. The summed E-state index contributed by atoms with van der Waals surface area (Å²) in [5.41, 5.74) is 5.41. The highest BCUT2D eigenvalue weighted by atomic mass is 32.1. The van der Waals surface area contributed by atoms with Gasteiger partial charge in [0.25, 0.3) is 0 Å². The predicted molar refractivity (Wildman–Crippen MR) is 45.4 cm³/mol. The summed E-state index contributed by atoms with van der Waals surface area (Å²) in [7, 11) is 0. The molecule has 0 saturated carbocycles. The number of nitrogens with two attached hydrogens (primary N) is 1. The van der Waals surface area contributed by atoms with Crippen LogP contribution in [0.15, 0.2) is 6.20 Å². The molecule has 0 fully saturated rings. The summed E-state index contributed by atoms with van der Waals surface area (Å²) in [6.45, 7) is 0.800. The molecule has 0 atom stereocenters. The summed E-state index contributed by atoms with van der Waals surface area (Å²) in [5.74, 6) is 0. The number of aliphatic hydroxyl groups is 1. The fourth-order valence-electron chi connectivity index (χ4n) is 0.788. The number of hydrogen-bond acceptors (Lipinski definition) is 4. The fraction of sp³-hybridized carbons (Fsp3) is 0.571. The predicted octanol–water partition coefficient (Wildman–Crippen LogP) is 0.527. The van der Waals surface area contributed by atoms with Crippen LogP contribution in [0.25, 0.3) is 0 Å². The average Bonchev–Trinajstić information content (AvgIpc) is 2.48. The Hall–Kier alpha value is -0.450. The lowest BCUT2D eigenvalue weighted by Crippen LogP contribution is -1.91.